The SMILES string of the molecule is NC(Cc1ccccn1)c1cnn(-c2ccccc2)n1. The molecular weight excluding hydrogens is 250 g/mol. The van der Waals surface area contributed by atoms with Crippen LogP contribution in [0.5, 0.6) is 0 Å². The average Bonchev–Trinajstić information content (AvgIpc) is 2.99. The van der Waals surface area contributed by atoms with Crippen molar-refractivity contribution in [2.24, 2.45) is 5.73 Å². The number of aromatic nitrogens is 4. The predicted octanol–water partition coefficient (Wildman–Crippen LogP) is 1.90. The molecule has 0 saturated carbocycles. The molecule has 2 aromatic heterocycles. The lowest BCUT2D eigenvalue weighted by atomic mass is 10.1. The minimum absolute atomic E-state index is 0.206. The van der Waals surface area contributed by atoms with Gasteiger partial charge < -0.3 is 5.73 Å². The number of hydrogen-bond donors (Lipinski definition) is 1. The van der Waals surface area contributed by atoms with Gasteiger partial charge in [-0.15, -0.1) is 0 Å². The van der Waals surface area contributed by atoms with Crippen molar-refractivity contribution in [1.82, 2.24) is 20.0 Å². The zero-order valence-corrected chi connectivity index (χ0v) is 10.9. The molecule has 0 aliphatic rings. The molecule has 5 nitrogen and oxygen atoms in total. The first-order chi connectivity index (χ1) is 9.83. The van der Waals surface area contributed by atoms with Crippen LogP contribution in [0.3, 0.4) is 0 Å². The molecule has 0 saturated heterocycles. The third-order valence-electron chi connectivity index (χ3n) is 3.03. The van der Waals surface area contributed by atoms with Crippen molar-refractivity contribution in [2.45, 2.75) is 12.5 Å². The molecule has 2 heterocycles. The third kappa shape index (κ3) is 2.73. The van der Waals surface area contributed by atoms with Gasteiger partial charge in [0.05, 0.1) is 17.9 Å². The van der Waals surface area contributed by atoms with Gasteiger partial charge in [-0.3, -0.25) is 4.98 Å². The smallest absolute Gasteiger partial charge is 0.100 e. The van der Waals surface area contributed by atoms with Gasteiger partial charge in [0.1, 0.15) is 5.69 Å². The van der Waals surface area contributed by atoms with Crippen LogP contribution in [0, 0.1) is 0 Å². The highest BCUT2D eigenvalue weighted by atomic mass is 15.5. The summed E-state index contributed by atoms with van der Waals surface area (Å²) in [6.45, 7) is 0. The van der Waals surface area contributed by atoms with E-state index in [-0.39, 0.29) is 6.04 Å². The first-order valence-electron chi connectivity index (χ1n) is 6.46. The van der Waals surface area contributed by atoms with Crippen LogP contribution < -0.4 is 5.73 Å². The molecule has 0 aliphatic carbocycles. The largest absolute Gasteiger partial charge is 0.322 e. The van der Waals surface area contributed by atoms with Gasteiger partial charge in [-0.25, -0.2) is 0 Å². The second kappa shape index (κ2) is 5.63. The zero-order valence-electron chi connectivity index (χ0n) is 10.9. The first kappa shape index (κ1) is 12.5. The van der Waals surface area contributed by atoms with E-state index >= 15 is 0 Å². The van der Waals surface area contributed by atoms with Crippen LogP contribution in [0.15, 0.2) is 60.9 Å². The van der Waals surface area contributed by atoms with Crippen LogP contribution in [0.4, 0.5) is 0 Å². The summed E-state index contributed by atoms with van der Waals surface area (Å²) in [4.78, 5) is 5.87. The normalized spacial score (nSPS) is 12.2. The summed E-state index contributed by atoms with van der Waals surface area (Å²) in [7, 11) is 0. The molecule has 1 unspecified atom stereocenters. The van der Waals surface area contributed by atoms with E-state index in [0.717, 1.165) is 17.1 Å². The minimum Gasteiger partial charge on any atom is -0.322 e. The summed E-state index contributed by atoms with van der Waals surface area (Å²) in [5.41, 5.74) is 8.80. The van der Waals surface area contributed by atoms with Crippen molar-refractivity contribution in [3.05, 3.63) is 72.3 Å². The van der Waals surface area contributed by atoms with Gasteiger partial charge in [-0.1, -0.05) is 24.3 Å². The fraction of sp³-hybridized carbons (Fsp3) is 0.133. The van der Waals surface area contributed by atoms with Crippen molar-refractivity contribution in [2.75, 3.05) is 0 Å². The second-order valence-electron chi connectivity index (χ2n) is 4.53. The Morgan fingerprint density at radius 2 is 1.85 bits per heavy atom. The second-order valence-corrected chi connectivity index (χ2v) is 4.53. The van der Waals surface area contributed by atoms with Gasteiger partial charge in [0.15, 0.2) is 0 Å². The van der Waals surface area contributed by atoms with Crippen LogP contribution in [0.1, 0.15) is 17.4 Å². The maximum Gasteiger partial charge on any atom is 0.100 e. The van der Waals surface area contributed by atoms with Gasteiger partial charge >= 0.3 is 0 Å². The van der Waals surface area contributed by atoms with Crippen molar-refractivity contribution in [3.8, 4) is 5.69 Å². The lowest BCUT2D eigenvalue weighted by molar-refractivity contribution is 0.657. The quantitative estimate of drug-likeness (QED) is 0.782. The molecule has 1 aromatic carbocycles. The molecule has 0 spiro atoms. The monoisotopic (exact) mass is 265 g/mol. The lowest BCUT2D eigenvalue weighted by Crippen LogP contribution is -2.15. The van der Waals surface area contributed by atoms with Crippen molar-refractivity contribution < 1.29 is 0 Å². The van der Waals surface area contributed by atoms with Crippen molar-refractivity contribution >= 4 is 0 Å². The topological polar surface area (TPSA) is 69.6 Å². The van der Waals surface area contributed by atoms with E-state index in [0.29, 0.717) is 6.42 Å². The number of benzene rings is 1. The number of para-hydroxylation sites is 1. The minimum atomic E-state index is -0.206. The average molecular weight is 265 g/mol. The van der Waals surface area contributed by atoms with Gasteiger partial charge in [-0.2, -0.15) is 15.0 Å². The highest BCUT2D eigenvalue weighted by Gasteiger charge is 2.12. The van der Waals surface area contributed by atoms with E-state index < -0.39 is 0 Å². The van der Waals surface area contributed by atoms with Crippen LogP contribution in [0.2, 0.25) is 0 Å². The summed E-state index contributed by atoms with van der Waals surface area (Å²) in [6.07, 6.45) is 4.12. The fourth-order valence-electron chi connectivity index (χ4n) is 1.98. The Morgan fingerprint density at radius 1 is 1.05 bits per heavy atom. The van der Waals surface area contributed by atoms with Crippen molar-refractivity contribution in [1.29, 1.82) is 0 Å². The zero-order chi connectivity index (χ0) is 13.8. The van der Waals surface area contributed by atoms with E-state index in [1.165, 1.54) is 0 Å². The van der Waals surface area contributed by atoms with Crippen LogP contribution in [-0.4, -0.2) is 20.0 Å². The third-order valence-corrected chi connectivity index (χ3v) is 3.03. The Balaban J connectivity index is 1.77. The van der Waals surface area contributed by atoms with Crippen LogP contribution in [0.25, 0.3) is 5.69 Å². The summed E-state index contributed by atoms with van der Waals surface area (Å²) in [6, 6.07) is 15.4. The standard InChI is InChI=1S/C15H15N5/c16-14(10-12-6-4-5-9-17-12)15-11-18-20(19-15)13-7-2-1-3-8-13/h1-9,11,14H,10,16H2. The molecule has 1 atom stereocenters. The maximum atomic E-state index is 6.16. The maximum absolute atomic E-state index is 6.16. The lowest BCUT2D eigenvalue weighted by Gasteiger charge is -2.07. The molecule has 100 valence electrons. The van der Waals surface area contributed by atoms with E-state index in [1.807, 2.05) is 48.5 Å². The highest BCUT2D eigenvalue weighted by molar-refractivity contribution is 5.28. The summed E-state index contributed by atoms with van der Waals surface area (Å²) in [5.74, 6) is 0. The number of hydrogen-bond acceptors (Lipinski definition) is 4. The molecule has 0 aliphatic heterocycles. The fourth-order valence-corrected chi connectivity index (χ4v) is 1.98. The number of pyridine rings is 1. The van der Waals surface area contributed by atoms with Gasteiger partial charge in [0.25, 0.3) is 0 Å². The molecule has 0 radical (unpaired) electrons. The van der Waals surface area contributed by atoms with Crippen LogP contribution in [-0.2, 0) is 6.42 Å². The van der Waals surface area contributed by atoms with Gasteiger partial charge in [0, 0.05) is 18.3 Å². The van der Waals surface area contributed by atoms with Gasteiger partial charge in [0.2, 0.25) is 0 Å². The number of nitrogens with zero attached hydrogens (tertiary/aromatic N) is 4. The highest BCUT2D eigenvalue weighted by Crippen LogP contribution is 2.13. The molecule has 3 aromatic rings. The van der Waals surface area contributed by atoms with Gasteiger partial charge in [-0.05, 0) is 24.3 Å². The first-order valence-corrected chi connectivity index (χ1v) is 6.46. The Morgan fingerprint density at radius 3 is 2.60 bits per heavy atom. The Kier molecular flexibility index (Phi) is 3.52. The molecule has 0 fully saturated rings. The summed E-state index contributed by atoms with van der Waals surface area (Å²) < 4.78 is 0. The molecule has 0 bridgehead atoms. The Hall–Kier alpha value is -2.53. The number of rotatable bonds is 4. The molecule has 0 amide bonds. The molecule has 2 N–H and O–H groups in total. The van der Waals surface area contributed by atoms with E-state index in [9.17, 15) is 0 Å². The summed E-state index contributed by atoms with van der Waals surface area (Å²) in [5, 5.41) is 8.68. The number of nitrogens with two attached hydrogens (primary N) is 1. The predicted molar refractivity (Wildman–Crippen MR) is 76.2 cm³/mol. The molecule has 20 heavy (non-hydrogen) atoms. The van der Waals surface area contributed by atoms with Crippen molar-refractivity contribution in [3.63, 3.8) is 0 Å². The molecule has 5 heteroatoms. The van der Waals surface area contributed by atoms with E-state index in [4.69, 9.17) is 5.73 Å². The Bertz CT molecular complexity index is 663. The van der Waals surface area contributed by atoms with E-state index in [2.05, 4.69) is 15.2 Å². The summed E-state index contributed by atoms with van der Waals surface area (Å²) >= 11 is 0. The Labute approximate surface area is 117 Å². The molecular formula is C15H15N5. The van der Waals surface area contributed by atoms with Crippen LogP contribution >= 0.6 is 0 Å². The molecule has 3 rings (SSSR count). The van der Waals surface area contributed by atoms with E-state index in [1.54, 1.807) is 17.2 Å².